The Hall–Kier alpha value is -1.95. The number of carbonyl (C=O) groups excluding carboxylic acids is 1. The van der Waals surface area contributed by atoms with Gasteiger partial charge in [0.05, 0.1) is 4.92 Å². The van der Waals surface area contributed by atoms with E-state index in [1.54, 1.807) is 21.0 Å². The molecule has 1 N–H and O–H groups in total. The normalized spacial score (nSPS) is 10.2. The molecule has 6 heteroatoms. The molecular weight excluding hydrogens is 210 g/mol. The van der Waals surface area contributed by atoms with Crippen LogP contribution >= 0.6 is 0 Å². The topological polar surface area (TPSA) is 75.5 Å². The van der Waals surface area contributed by atoms with Crippen LogP contribution in [-0.2, 0) is 0 Å². The molecule has 0 unspecified atom stereocenters. The Balaban J connectivity index is 2.97. The first kappa shape index (κ1) is 12.1. The van der Waals surface area contributed by atoms with E-state index in [2.05, 4.69) is 5.43 Å². The molecule has 16 heavy (non-hydrogen) atoms. The van der Waals surface area contributed by atoms with Crippen molar-refractivity contribution in [2.24, 2.45) is 0 Å². The van der Waals surface area contributed by atoms with Gasteiger partial charge in [0.15, 0.2) is 0 Å². The van der Waals surface area contributed by atoms with Gasteiger partial charge in [-0.25, -0.2) is 5.01 Å². The Bertz CT molecular complexity index is 429. The first-order valence-corrected chi connectivity index (χ1v) is 4.65. The summed E-state index contributed by atoms with van der Waals surface area (Å²) in [5, 5.41) is 12.1. The van der Waals surface area contributed by atoms with E-state index in [0.29, 0.717) is 11.1 Å². The van der Waals surface area contributed by atoms with E-state index in [9.17, 15) is 14.9 Å². The lowest BCUT2D eigenvalue weighted by molar-refractivity contribution is -0.385. The minimum absolute atomic E-state index is 0.0152. The molecule has 0 radical (unpaired) electrons. The van der Waals surface area contributed by atoms with Crippen molar-refractivity contribution in [1.29, 1.82) is 0 Å². The maximum absolute atomic E-state index is 11.6. The van der Waals surface area contributed by atoms with Gasteiger partial charge in [0.1, 0.15) is 0 Å². The molecule has 0 spiro atoms. The molecule has 1 aromatic carbocycles. The third kappa shape index (κ3) is 2.77. The lowest BCUT2D eigenvalue weighted by Crippen LogP contribution is -2.36. The van der Waals surface area contributed by atoms with Crippen LogP contribution in [0, 0.1) is 17.0 Å². The zero-order chi connectivity index (χ0) is 12.3. The van der Waals surface area contributed by atoms with Gasteiger partial charge in [0.25, 0.3) is 11.6 Å². The average Bonchev–Trinajstić information content (AvgIpc) is 2.15. The summed E-state index contributed by atoms with van der Waals surface area (Å²) in [7, 11) is 3.38. The SMILES string of the molecule is Cc1cc(C(=O)NN(C)C)ccc1[N+](=O)[O-]. The summed E-state index contributed by atoms with van der Waals surface area (Å²) in [5.74, 6) is -0.289. The molecule has 0 aromatic heterocycles. The van der Waals surface area contributed by atoms with Crippen molar-refractivity contribution in [3.63, 3.8) is 0 Å². The maximum atomic E-state index is 11.6. The third-order valence-corrected chi connectivity index (χ3v) is 1.98. The first-order valence-electron chi connectivity index (χ1n) is 4.65. The summed E-state index contributed by atoms with van der Waals surface area (Å²) in [6.45, 7) is 1.60. The molecule has 0 aliphatic carbocycles. The Morgan fingerprint density at radius 1 is 1.44 bits per heavy atom. The molecule has 1 amide bonds. The number of hydrogen-bond donors (Lipinski definition) is 1. The fourth-order valence-corrected chi connectivity index (χ4v) is 1.27. The second-order valence-electron chi connectivity index (χ2n) is 3.59. The Labute approximate surface area is 93.0 Å². The number of aryl methyl sites for hydroxylation is 1. The minimum atomic E-state index is -0.469. The van der Waals surface area contributed by atoms with Crippen molar-refractivity contribution in [2.45, 2.75) is 6.92 Å². The van der Waals surface area contributed by atoms with Crippen molar-refractivity contribution in [3.05, 3.63) is 39.4 Å². The lowest BCUT2D eigenvalue weighted by Gasteiger charge is -2.11. The predicted molar refractivity (Wildman–Crippen MR) is 59.0 cm³/mol. The fourth-order valence-electron chi connectivity index (χ4n) is 1.27. The second-order valence-corrected chi connectivity index (χ2v) is 3.59. The van der Waals surface area contributed by atoms with Crippen LogP contribution in [0.3, 0.4) is 0 Å². The first-order chi connectivity index (χ1) is 7.41. The predicted octanol–water partition coefficient (Wildman–Crippen LogP) is 1.11. The van der Waals surface area contributed by atoms with Crippen LogP contribution in [0.5, 0.6) is 0 Å². The summed E-state index contributed by atoms with van der Waals surface area (Å²) in [6.07, 6.45) is 0. The Morgan fingerprint density at radius 3 is 2.50 bits per heavy atom. The van der Waals surface area contributed by atoms with E-state index in [4.69, 9.17) is 0 Å². The minimum Gasteiger partial charge on any atom is -0.285 e. The molecule has 1 aromatic rings. The zero-order valence-electron chi connectivity index (χ0n) is 9.35. The molecule has 0 bridgehead atoms. The van der Waals surface area contributed by atoms with E-state index in [-0.39, 0.29) is 11.6 Å². The van der Waals surface area contributed by atoms with E-state index in [1.165, 1.54) is 23.2 Å². The summed E-state index contributed by atoms with van der Waals surface area (Å²) in [5.41, 5.74) is 3.44. The number of nitrogens with one attached hydrogen (secondary N) is 1. The van der Waals surface area contributed by atoms with Gasteiger partial charge in [-0.15, -0.1) is 0 Å². The molecule has 86 valence electrons. The zero-order valence-corrected chi connectivity index (χ0v) is 9.35. The largest absolute Gasteiger partial charge is 0.285 e. The highest BCUT2D eigenvalue weighted by atomic mass is 16.6. The number of benzene rings is 1. The van der Waals surface area contributed by atoms with E-state index >= 15 is 0 Å². The van der Waals surface area contributed by atoms with E-state index < -0.39 is 4.92 Å². The van der Waals surface area contributed by atoms with Crippen molar-refractivity contribution < 1.29 is 9.72 Å². The van der Waals surface area contributed by atoms with Crippen molar-refractivity contribution >= 4 is 11.6 Å². The number of amides is 1. The monoisotopic (exact) mass is 223 g/mol. The molecule has 0 atom stereocenters. The van der Waals surface area contributed by atoms with Crippen molar-refractivity contribution in [2.75, 3.05) is 14.1 Å². The molecule has 0 saturated carbocycles. The highest BCUT2D eigenvalue weighted by Gasteiger charge is 2.13. The van der Waals surface area contributed by atoms with Crippen molar-refractivity contribution in [3.8, 4) is 0 Å². The Morgan fingerprint density at radius 2 is 2.06 bits per heavy atom. The number of hydrazine groups is 1. The van der Waals surface area contributed by atoms with Gasteiger partial charge < -0.3 is 0 Å². The van der Waals surface area contributed by atoms with Gasteiger partial charge in [-0.1, -0.05) is 0 Å². The van der Waals surface area contributed by atoms with E-state index in [1.807, 2.05) is 0 Å². The summed E-state index contributed by atoms with van der Waals surface area (Å²) >= 11 is 0. The summed E-state index contributed by atoms with van der Waals surface area (Å²) < 4.78 is 0. The number of nitro benzene ring substituents is 1. The lowest BCUT2D eigenvalue weighted by atomic mass is 10.1. The number of nitro groups is 1. The van der Waals surface area contributed by atoms with Crippen LogP contribution < -0.4 is 5.43 Å². The van der Waals surface area contributed by atoms with Crippen molar-refractivity contribution in [1.82, 2.24) is 10.4 Å². The average molecular weight is 223 g/mol. The fraction of sp³-hybridized carbons (Fsp3) is 0.300. The molecule has 6 nitrogen and oxygen atoms in total. The van der Waals surface area contributed by atoms with E-state index in [0.717, 1.165) is 0 Å². The van der Waals surface area contributed by atoms with Gasteiger partial charge in [-0.3, -0.25) is 20.3 Å². The third-order valence-electron chi connectivity index (χ3n) is 1.98. The molecule has 0 aliphatic rings. The summed E-state index contributed by atoms with van der Waals surface area (Å²) in [6, 6.07) is 4.26. The maximum Gasteiger partial charge on any atom is 0.272 e. The number of rotatable bonds is 3. The van der Waals surface area contributed by atoms with Crippen LogP contribution in [0.1, 0.15) is 15.9 Å². The molecule has 0 aliphatic heterocycles. The molecule has 1 rings (SSSR count). The van der Waals surface area contributed by atoms with Gasteiger partial charge >= 0.3 is 0 Å². The number of carbonyl (C=O) groups is 1. The van der Waals surface area contributed by atoms with Gasteiger partial charge in [-0.05, 0) is 19.1 Å². The van der Waals surface area contributed by atoms with Gasteiger partial charge in [0, 0.05) is 31.3 Å². The van der Waals surface area contributed by atoms with Crippen LogP contribution in [0.15, 0.2) is 18.2 Å². The van der Waals surface area contributed by atoms with Gasteiger partial charge in [-0.2, -0.15) is 0 Å². The Kier molecular flexibility index (Phi) is 3.57. The molecule has 0 saturated heterocycles. The van der Waals surface area contributed by atoms with Crippen LogP contribution in [0.25, 0.3) is 0 Å². The van der Waals surface area contributed by atoms with Crippen LogP contribution in [0.2, 0.25) is 0 Å². The van der Waals surface area contributed by atoms with Crippen LogP contribution in [0.4, 0.5) is 5.69 Å². The second kappa shape index (κ2) is 4.71. The summed E-state index contributed by atoms with van der Waals surface area (Å²) in [4.78, 5) is 21.7. The number of nitrogens with zero attached hydrogens (tertiary/aromatic N) is 2. The highest BCUT2D eigenvalue weighted by molar-refractivity contribution is 5.94. The standard InChI is InChI=1S/C10H13N3O3/c1-7-6-8(10(14)11-12(2)3)4-5-9(7)13(15)16/h4-6H,1-3H3,(H,11,14). The molecule has 0 heterocycles. The molecular formula is C10H13N3O3. The van der Waals surface area contributed by atoms with Gasteiger partial charge in [0.2, 0.25) is 0 Å². The van der Waals surface area contributed by atoms with Crippen LogP contribution in [-0.4, -0.2) is 29.9 Å². The highest BCUT2D eigenvalue weighted by Crippen LogP contribution is 2.18. The molecule has 0 fully saturated rings. The smallest absolute Gasteiger partial charge is 0.272 e. The number of hydrogen-bond acceptors (Lipinski definition) is 4. The quantitative estimate of drug-likeness (QED) is 0.615.